The third-order valence-corrected chi connectivity index (χ3v) is 4.28. The van der Waals surface area contributed by atoms with E-state index in [0.717, 1.165) is 30.5 Å². The van der Waals surface area contributed by atoms with E-state index >= 15 is 0 Å². The van der Waals surface area contributed by atoms with Crippen molar-refractivity contribution in [3.05, 3.63) is 65.2 Å². The second kappa shape index (κ2) is 7.17. The molecule has 1 aliphatic rings. The van der Waals surface area contributed by atoms with Crippen LogP contribution < -0.4 is 16.4 Å². The van der Waals surface area contributed by atoms with E-state index in [0.29, 0.717) is 6.42 Å². The Hall–Kier alpha value is -2.82. The molecule has 1 aliphatic carbocycles. The topological polar surface area (TPSA) is 84.2 Å². The Balaban J connectivity index is 1.72. The number of nitrogens with one attached hydrogen (secondary N) is 2. The lowest BCUT2D eigenvalue weighted by molar-refractivity contribution is -0.117. The van der Waals surface area contributed by atoms with Crippen molar-refractivity contribution in [3.63, 3.8) is 0 Å². The first-order chi connectivity index (χ1) is 11.6. The highest BCUT2D eigenvalue weighted by molar-refractivity contribution is 5.97. The summed E-state index contributed by atoms with van der Waals surface area (Å²) < 4.78 is 0. The van der Waals surface area contributed by atoms with E-state index in [1.807, 2.05) is 42.5 Å². The van der Waals surface area contributed by atoms with Gasteiger partial charge in [0.15, 0.2) is 0 Å². The number of carbonyl (C=O) groups is 2. The summed E-state index contributed by atoms with van der Waals surface area (Å²) in [6.45, 7) is 0. The van der Waals surface area contributed by atoms with Gasteiger partial charge in [-0.25, -0.2) is 4.79 Å². The first-order valence-corrected chi connectivity index (χ1v) is 8.14. The second-order valence-electron chi connectivity index (χ2n) is 6.08. The molecule has 0 saturated heterocycles. The highest BCUT2D eigenvalue weighted by Crippen LogP contribution is 2.25. The number of hydrogen-bond acceptors (Lipinski definition) is 2. The van der Waals surface area contributed by atoms with Crippen LogP contribution in [0.1, 0.15) is 23.1 Å². The summed E-state index contributed by atoms with van der Waals surface area (Å²) >= 11 is 0. The summed E-state index contributed by atoms with van der Waals surface area (Å²) in [4.78, 5) is 23.8. The number of fused-ring (bicyclic) bond motifs is 1. The third kappa shape index (κ3) is 3.93. The van der Waals surface area contributed by atoms with Gasteiger partial charge in [0.05, 0.1) is 0 Å². The number of anilines is 1. The van der Waals surface area contributed by atoms with Crippen molar-refractivity contribution < 1.29 is 9.59 Å². The average Bonchev–Trinajstić information content (AvgIpc) is 3.02. The quantitative estimate of drug-likeness (QED) is 0.789. The first-order valence-electron chi connectivity index (χ1n) is 8.14. The molecule has 4 N–H and O–H groups in total. The summed E-state index contributed by atoms with van der Waals surface area (Å²) in [6.07, 6.45) is 3.70. The van der Waals surface area contributed by atoms with Crippen LogP contribution in [-0.4, -0.2) is 18.0 Å². The first kappa shape index (κ1) is 16.1. The molecule has 124 valence electrons. The van der Waals surface area contributed by atoms with E-state index in [1.54, 1.807) is 0 Å². The van der Waals surface area contributed by atoms with Gasteiger partial charge in [0.25, 0.3) is 0 Å². The van der Waals surface area contributed by atoms with Crippen LogP contribution in [0.4, 0.5) is 10.5 Å². The molecule has 0 aromatic heterocycles. The van der Waals surface area contributed by atoms with E-state index in [2.05, 4.69) is 16.7 Å². The van der Waals surface area contributed by atoms with Crippen molar-refractivity contribution in [2.45, 2.75) is 31.7 Å². The molecule has 2 aromatic carbocycles. The van der Waals surface area contributed by atoms with Gasteiger partial charge in [-0.3, -0.25) is 4.79 Å². The maximum absolute atomic E-state index is 12.6. The van der Waals surface area contributed by atoms with E-state index in [1.165, 1.54) is 11.1 Å². The number of aryl methyl sites for hydroxylation is 2. The van der Waals surface area contributed by atoms with E-state index < -0.39 is 12.1 Å². The van der Waals surface area contributed by atoms with Gasteiger partial charge in [-0.2, -0.15) is 0 Å². The number of carbonyl (C=O) groups excluding carboxylic acids is 2. The van der Waals surface area contributed by atoms with Crippen LogP contribution in [0.5, 0.6) is 0 Å². The SMILES string of the molecule is NC(=O)NC(Cc1ccccc1)C(=O)Nc1ccc2c(c1)CCC2. The molecule has 3 rings (SSSR count). The zero-order valence-electron chi connectivity index (χ0n) is 13.4. The minimum Gasteiger partial charge on any atom is -0.352 e. The van der Waals surface area contributed by atoms with Crippen LogP contribution in [0.2, 0.25) is 0 Å². The molecule has 0 bridgehead atoms. The van der Waals surface area contributed by atoms with Gasteiger partial charge in [0.1, 0.15) is 6.04 Å². The van der Waals surface area contributed by atoms with Crippen LogP contribution >= 0.6 is 0 Å². The van der Waals surface area contributed by atoms with Crippen LogP contribution in [0, 0.1) is 0 Å². The maximum atomic E-state index is 12.6. The van der Waals surface area contributed by atoms with Crippen LogP contribution in [0.3, 0.4) is 0 Å². The summed E-state index contributed by atoms with van der Waals surface area (Å²) in [5.74, 6) is -0.268. The van der Waals surface area contributed by atoms with Crippen LogP contribution in [-0.2, 0) is 24.1 Å². The van der Waals surface area contributed by atoms with E-state index in [4.69, 9.17) is 5.73 Å². The van der Waals surface area contributed by atoms with Crippen molar-refractivity contribution in [2.75, 3.05) is 5.32 Å². The molecule has 0 saturated carbocycles. The molecule has 3 amide bonds. The lowest BCUT2D eigenvalue weighted by atomic mass is 10.0. The molecule has 5 heteroatoms. The fourth-order valence-electron chi connectivity index (χ4n) is 3.11. The maximum Gasteiger partial charge on any atom is 0.312 e. The minimum absolute atomic E-state index is 0.268. The van der Waals surface area contributed by atoms with Gasteiger partial charge >= 0.3 is 6.03 Å². The molecule has 2 aromatic rings. The van der Waals surface area contributed by atoms with Gasteiger partial charge in [0.2, 0.25) is 5.91 Å². The Bertz CT molecular complexity index is 744. The lowest BCUT2D eigenvalue weighted by Crippen LogP contribution is -2.47. The molecule has 1 atom stereocenters. The lowest BCUT2D eigenvalue weighted by Gasteiger charge is -2.18. The van der Waals surface area contributed by atoms with E-state index in [-0.39, 0.29) is 5.91 Å². The molecule has 1 unspecified atom stereocenters. The number of rotatable bonds is 5. The number of amides is 3. The van der Waals surface area contributed by atoms with Crippen molar-refractivity contribution in [3.8, 4) is 0 Å². The Morgan fingerprint density at radius 1 is 1.04 bits per heavy atom. The van der Waals surface area contributed by atoms with Crippen molar-refractivity contribution in [1.82, 2.24) is 5.32 Å². The van der Waals surface area contributed by atoms with E-state index in [9.17, 15) is 9.59 Å². The average molecular weight is 323 g/mol. The van der Waals surface area contributed by atoms with Gasteiger partial charge < -0.3 is 16.4 Å². The predicted octanol–water partition coefficient (Wildman–Crippen LogP) is 2.39. The molecule has 0 radical (unpaired) electrons. The molecular formula is C19H21N3O2. The molecule has 24 heavy (non-hydrogen) atoms. The Morgan fingerprint density at radius 3 is 2.54 bits per heavy atom. The Morgan fingerprint density at radius 2 is 1.79 bits per heavy atom. The summed E-state index contributed by atoms with van der Waals surface area (Å²) in [5, 5.41) is 5.42. The zero-order chi connectivity index (χ0) is 16.9. The van der Waals surface area contributed by atoms with Gasteiger partial charge in [-0.15, -0.1) is 0 Å². The standard InChI is InChI=1S/C19H21N3O2/c20-19(24)22-17(11-13-5-2-1-3-6-13)18(23)21-16-10-9-14-7-4-8-15(14)12-16/h1-3,5-6,9-10,12,17H,4,7-8,11H2,(H,21,23)(H3,20,22,24). The number of primary amides is 1. The summed E-state index contributed by atoms with van der Waals surface area (Å²) in [6, 6.07) is 14.1. The van der Waals surface area contributed by atoms with Crippen LogP contribution in [0.15, 0.2) is 48.5 Å². The molecule has 0 heterocycles. The number of hydrogen-bond donors (Lipinski definition) is 3. The van der Waals surface area contributed by atoms with Crippen molar-refractivity contribution in [2.24, 2.45) is 5.73 Å². The molecule has 5 nitrogen and oxygen atoms in total. The normalized spacial score (nSPS) is 13.8. The minimum atomic E-state index is -0.710. The van der Waals surface area contributed by atoms with Crippen molar-refractivity contribution in [1.29, 1.82) is 0 Å². The Labute approximate surface area is 141 Å². The predicted molar refractivity (Wildman–Crippen MR) is 93.7 cm³/mol. The second-order valence-corrected chi connectivity index (χ2v) is 6.08. The highest BCUT2D eigenvalue weighted by Gasteiger charge is 2.21. The zero-order valence-corrected chi connectivity index (χ0v) is 13.4. The highest BCUT2D eigenvalue weighted by atomic mass is 16.2. The fourth-order valence-corrected chi connectivity index (χ4v) is 3.11. The molecule has 0 aliphatic heterocycles. The Kier molecular flexibility index (Phi) is 4.79. The molecule has 0 spiro atoms. The third-order valence-electron chi connectivity index (χ3n) is 4.28. The number of urea groups is 1. The summed E-state index contributed by atoms with van der Waals surface area (Å²) in [7, 11) is 0. The fraction of sp³-hybridized carbons (Fsp3) is 0.263. The largest absolute Gasteiger partial charge is 0.352 e. The monoisotopic (exact) mass is 323 g/mol. The smallest absolute Gasteiger partial charge is 0.312 e. The van der Waals surface area contributed by atoms with Gasteiger partial charge in [-0.1, -0.05) is 36.4 Å². The molecule has 0 fully saturated rings. The van der Waals surface area contributed by atoms with Crippen molar-refractivity contribution >= 4 is 17.6 Å². The molecular weight excluding hydrogens is 302 g/mol. The summed E-state index contributed by atoms with van der Waals surface area (Å²) in [5.41, 5.74) is 9.57. The number of nitrogens with two attached hydrogens (primary N) is 1. The number of benzene rings is 2. The van der Waals surface area contributed by atoms with Crippen LogP contribution in [0.25, 0.3) is 0 Å². The van der Waals surface area contributed by atoms with Gasteiger partial charge in [-0.05, 0) is 48.1 Å². The van der Waals surface area contributed by atoms with Gasteiger partial charge in [0, 0.05) is 12.1 Å².